The molecule has 1 aromatic heterocycles. The maximum absolute atomic E-state index is 12.3. The summed E-state index contributed by atoms with van der Waals surface area (Å²) in [6, 6.07) is 12.9. The van der Waals surface area contributed by atoms with E-state index in [-0.39, 0.29) is 22.3 Å². The van der Waals surface area contributed by atoms with Crippen LogP contribution in [0.15, 0.2) is 47.6 Å². The molecule has 0 aliphatic rings. The fourth-order valence-corrected chi connectivity index (χ4v) is 4.69. The highest BCUT2D eigenvalue weighted by Gasteiger charge is 2.30. The zero-order valence-electron chi connectivity index (χ0n) is 21.5. The minimum atomic E-state index is -0.509. The van der Waals surface area contributed by atoms with Crippen LogP contribution in [0, 0.1) is 22.5 Å². The molecule has 186 valence electrons. The molecule has 3 rings (SSSR count). The Balaban J connectivity index is 1.69. The monoisotopic (exact) mass is 478 g/mol. The number of carbonyl (C=O) groups excluding carboxylic acids is 1. The number of hydrogen-bond acceptors (Lipinski definition) is 5. The minimum absolute atomic E-state index is 0.0503. The number of amides is 1. The van der Waals surface area contributed by atoms with Crippen LogP contribution < -0.4 is 10.2 Å². The van der Waals surface area contributed by atoms with Gasteiger partial charge < -0.3 is 9.30 Å². The largest absolute Gasteiger partial charge is 0.477 e. The first-order valence-electron chi connectivity index (χ1n) is 11.6. The standard InChI is InChI=1S/C27H34N4O4/c1-18-21(20-10-8-9-11-22(20)30(18)7)15-28-29-25(32)16-35-24-13-12-19(14-23(24)31(33)34)27(5,6)17-26(2,3)4/h8-15H,16-17H2,1-7H3,(H,29,32)/b28-15+. The van der Waals surface area contributed by atoms with Crippen LogP contribution in [0.3, 0.4) is 0 Å². The number of para-hydroxylation sites is 1. The predicted molar refractivity (Wildman–Crippen MR) is 139 cm³/mol. The van der Waals surface area contributed by atoms with Gasteiger partial charge in [-0.2, -0.15) is 5.10 Å². The van der Waals surface area contributed by atoms with Crippen LogP contribution in [0.1, 0.15) is 57.9 Å². The lowest BCUT2D eigenvalue weighted by Crippen LogP contribution is -2.26. The number of hydrogen-bond donors (Lipinski definition) is 1. The third kappa shape index (κ3) is 6.07. The van der Waals surface area contributed by atoms with Crippen molar-refractivity contribution < 1.29 is 14.5 Å². The van der Waals surface area contributed by atoms with Crippen LogP contribution in [-0.4, -0.2) is 28.2 Å². The Kier molecular flexibility index (Phi) is 7.33. The summed E-state index contributed by atoms with van der Waals surface area (Å²) in [5.41, 5.74) is 5.94. The molecule has 1 heterocycles. The Morgan fingerprint density at radius 3 is 2.51 bits per heavy atom. The molecule has 0 aliphatic carbocycles. The van der Waals surface area contributed by atoms with Gasteiger partial charge in [0.05, 0.1) is 11.1 Å². The van der Waals surface area contributed by atoms with Gasteiger partial charge in [-0.25, -0.2) is 5.43 Å². The number of hydrazone groups is 1. The van der Waals surface area contributed by atoms with Gasteiger partial charge in [0.25, 0.3) is 5.91 Å². The van der Waals surface area contributed by atoms with Gasteiger partial charge in [0.15, 0.2) is 12.4 Å². The second kappa shape index (κ2) is 9.90. The van der Waals surface area contributed by atoms with Crippen LogP contribution in [0.5, 0.6) is 5.75 Å². The van der Waals surface area contributed by atoms with Crippen molar-refractivity contribution in [3.63, 3.8) is 0 Å². The highest BCUT2D eigenvalue weighted by atomic mass is 16.6. The van der Waals surface area contributed by atoms with Crippen molar-refractivity contribution in [2.45, 2.75) is 53.4 Å². The summed E-state index contributed by atoms with van der Waals surface area (Å²) in [4.78, 5) is 23.5. The Bertz CT molecular complexity index is 1280. The molecule has 35 heavy (non-hydrogen) atoms. The van der Waals surface area contributed by atoms with Crippen molar-refractivity contribution in [1.82, 2.24) is 9.99 Å². The van der Waals surface area contributed by atoms with E-state index >= 15 is 0 Å². The Morgan fingerprint density at radius 2 is 1.86 bits per heavy atom. The first kappa shape index (κ1) is 25.9. The number of nitro benzene ring substituents is 1. The van der Waals surface area contributed by atoms with Gasteiger partial charge in [0.1, 0.15) is 0 Å². The second-order valence-corrected chi connectivity index (χ2v) is 10.7. The first-order chi connectivity index (χ1) is 16.3. The molecule has 8 nitrogen and oxygen atoms in total. The van der Waals surface area contributed by atoms with E-state index in [0.29, 0.717) is 0 Å². The molecule has 0 radical (unpaired) electrons. The molecule has 2 aromatic carbocycles. The lowest BCUT2D eigenvalue weighted by molar-refractivity contribution is -0.385. The molecule has 0 saturated carbocycles. The van der Waals surface area contributed by atoms with E-state index in [1.807, 2.05) is 44.3 Å². The first-order valence-corrected chi connectivity index (χ1v) is 11.6. The lowest BCUT2D eigenvalue weighted by Gasteiger charge is -2.33. The maximum atomic E-state index is 12.3. The molecule has 0 aliphatic heterocycles. The fraction of sp³-hybridized carbons (Fsp3) is 0.407. The Hall–Kier alpha value is -3.68. The van der Waals surface area contributed by atoms with Gasteiger partial charge in [0.2, 0.25) is 0 Å². The van der Waals surface area contributed by atoms with Gasteiger partial charge in [-0.15, -0.1) is 0 Å². The average Bonchev–Trinajstić information content (AvgIpc) is 3.01. The number of rotatable bonds is 8. The molecule has 0 unspecified atom stereocenters. The number of benzene rings is 2. The molecule has 8 heteroatoms. The van der Waals surface area contributed by atoms with Gasteiger partial charge in [0, 0.05) is 35.3 Å². The van der Waals surface area contributed by atoms with Crippen molar-refractivity contribution in [1.29, 1.82) is 0 Å². The molecule has 0 spiro atoms. The predicted octanol–water partition coefficient (Wildman–Crippen LogP) is 5.64. The molecular formula is C27H34N4O4. The van der Waals surface area contributed by atoms with Crippen molar-refractivity contribution in [2.24, 2.45) is 17.6 Å². The summed E-state index contributed by atoms with van der Waals surface area (Å²) in [7, 11) is 1.98. The lowest BCUT2D eigenvalue weighted by atomic mass is 9.72. The SMILES string of the molecule is Cc1c(/C=N/NC(=O)COc2ccc(C(C)(C)CC(C)(C)C)cc2[N+](=O)[O-])c2ccccc2n1C. The van der Waals surface area contributed by atoms with Crippen LogP contribution in [0.4, 0.5) is 5.69 Å². The number of nitrogens with zero attached hydrogens (tertiary/aromatic N) is 3. The number of ether oxygens (including phenoxy) is 1. The topological polar surface area (TPSA) is 98.8 Å². The summed E-state index contributed by atoms with van der Waals surface area (Å²) >= 11 is 0. The number of aryl methyl sites for hydroxylation is 1. The molecule has 0 bridgehead atoms. The molecule has 0 saturated heterocycles. The van der Waals surface area contributed by atoms with Crippen molar-refractivity contribution in [3.05, 3.63) is 69.4 Å². The maximum Gasteiger partial charge on any atom is 0.311 e. The normalized spacial score (nSPS) is 12.3. The summed E-state index contributed by atoms with van der Waals surface area (Å²) in [6.07, 6.45) is 2.46. The highest BCUT2D eigenvalue weighted by Crippen LogP contribution is 2.39. The zero-order chi connectivity index (χ0) is 26.0. The van der Waals surface area contributed by atoms with Crippen LogP contribution >= 0.6 is 0 Å². The Labute approximate surface area is 206 Å². The third-order valence-electron chi connectivity index (χ3n) is 6.10. The zero-order valence-corrected chi connectivity index (χ0v) is 21.5. The van der Waals surface area contributed by atoms with E-state index < -0.39 is 17.4 Å². The van der Waals surface area contributed by atoms with Crippen molar-refractivity contribution in [2.75, 3.05) is 6.61 Å². The number of aromatic nitrogens is 1. The van der Waals surface area contributed by atoms with Crippen molar-refractivity contribution >= 4 is 28.7 Å². The van der Waals surface area contributed by atoms with Crippen LogP contribution in [-0.2, 0) is 17.3 Å². The number of nitro groups is 1. The third-order valence-corrected chi connectivity index (χ3v) is 6.10. The minimum Gasteiger partial charge on any atom is -0.477 e. The van der Waals surface area contributed by atoms with E-state index in [1.54, 1.807) is 18.3 Å². The van der Waals surface area contributed by atoms with E-state index in [1.165, 1.54) is 0 Å². The molecule has 1 N–H and O–H groups in total. The summed E-state index contributed by atoms with van der Waals surface area (Å²) < 4.78 is 7.56. The second-order valence-electron chi connectivity index (χ2n) is 10.7. The number of nitrogens with one attached hydrogen (secondary N) is 1. The molecule has 3 aromatic rings. The van der Waals surface area contributed by atoms with E-state index in [4.69, 9.17) is 4.74 Å². The summed E-state index contributed by atoms with van der Waals surface area (Å²) in [6.45, 7) is 12.2. The average molecular weight is 479 g/mol. The summed E-state index contributed by atoms with van der Waals surface area (Å²) in [5.74, 6) is -0.458. The van der Waals surface area contributed by atoms with E-state index in [2.05, 4.69) is 49.7 Å². The number of fused-ring (bicyclic) bond motifs is 1. The highest BCUT2D eigenvalue weighted by molar-refractivity contribution is 6.01. The van der Waals surface area contributed by atoms with E-state index in [0.717, 1.165) is 34.1 Å². The van der Waals surface area contributed by atoms with Gasteiger partial charge in [-0.05, 0) is 41.9 Å². The molecule has 1 amide bonds. The van der Waals surface area contributed by atoms with Gasteiger partial charge >= 0.3 is 5.69 Å². The van der Waals surface area contributed by atoms with Crippen LogP contribution in [0.25, 0.3) is 10.9 Å². The van der Waals surface area contributed by atoms with Gasteiger partial charge in [-0.3, -0.25) is 14.9 Å². The summed E-state index contributed by atoms with van der Waals surface area (Å²) in [5, 5.41) is 16.8. The van der Waals surface area contributed by atoms with E-state index in [9.17, 15) is 14.9 Å². The van der Waals surface area contributed by atoms with Crippen molar-refractivity contribution in [3.8, 4) is 5.75 Å². The van der Waals surface area contributed by atoms with Gasteiger partial charge in [-0.1, -0.05) is 58.9 Å². The molecule has 0 fully saturated rings. The number of carbonyl (C=O) groups is 1. The fourth-order valence-electron chi connectivity index (χ4n) is 4.69. The smallest absolute Gasteiger partial charge is 0.311 e. The van der Waals surface area contributed by atoms with Crippen LogP contribution in [0.2, 0.25) is 0 Å². The molecule has 0 atom stereocenters. The molecular weight excluding hydrogens is 444 g/mol. The Morgan fingerprint density at radius 1 is 1.17 bits per heavy atom. The quantitative estimate of drug-likeness (QED) is 0.257.